The molecule has 0 aliphatic heterocycles. The molecule has 1 atom stereocenters. The highest BCUT2D eigenvalue weighted by atomic mass is 32.1. The fourth-order valence-electron chi connectivity index (χ4n) is 1.39. The van der Waals surface area contributed by atoms with E-state index < -0.39 is 0 Å². The minimum atomic E-state index is 0.156. The zero-order valence-electron chi connectivity index (χ0n) is 8.37. The van der Waals surface area contributed by atoms with Crippen molar-refractivity contribution < 1.29 is 0 Å². The monoisotopic (exact) mass is 191 g/mol. The van der Waals surface area contributed by atoms with Crippen LogP contribution in [0, 0.1) is 5.41 Å². The Morgan fingerprint density at radius 3 is 2.08 bits per heavy atom. The molecule has 0 N–H and O–H groups in total. The predicted octanol–water partition coefficient (Wildman–Crippen LogP) is 3.69. The Morgan fingerprint density at radius 2 is 1.69 bits per heavy atom. The van der Waals surface area contributed by atoms with Gasteiger partial charge < -0.3 is 0 Å². The summed E-state index contributed by atoms with van der Waals surface area (Å²) in [6.45, 7) is 6.55. The van der Waals surface area contributed by atoms with Crippen molar-refractivity contribution in [3.8, 4) is 0 Å². The fraction of sp³-hybridized carbons (Fsp3) is 0.417. The minimum absolute atomic E-state index is 0.156. The third kappa shape index (κ3) is 2.63. The molecule has 1 radical (unpaired) electrons. The van der Waals surface area contributed by atoms with Crippen LogP contribution >= 0.6 is 12.2 Å². The van der Waals surface area contributed by atoms with Gasteiger partial charge in [0, 0.05) is 11.3 Å². The van der Waals surface area contributed by atoms with Crippen LogP contribution in [-0.4, -0.2) is 5.37 Å². The second-order valence-electron chi connectivity index (χ2n) is 4.33. The topological polar surface area (TPSA) is 0 Å². The Kier molecular flexibility index (Phi) is 3.21. The van der Waals surface area contributed by atoms with Crippen molar-refractivity contribution in [2.75, 3.05) is 0 Å². The molecule has 0 bridgehead atoms. The first-order valence-electron chi connectivity index (χ1n) is 4.48. The molecule has 1 aromatic rings. The molecule has 1 unspecified atom stereocenters. The largest absolute Gasteiger partial charge is 0.0830 e. The summed E-state index contributed by atoms with van der Waals surface area (Å²) < 4.78 is 0. The van der Waals surface area contributed by atoms with Gasteiger partial charge in [-0.15, -0.1) is 0 Å². The van der Waals surface area contributed by atoms with E-state index in [9.17, 15) is 0 Å². The smallest absolute Gasteiger partial charge is 0.0378 e. The molecule has 0 saturated carbocycles. The second kappa shape index (κ2) is 4.01. The van der Waals surface area contributed by atoms with E-state index in [0.29, 0.717) is 0 Å². The highest BCUT2D eigenvalue weighted by Crippen LogP contribution is 2.33. The van der Waals surface area contributed by atoms with Crippen molar-refractivity contribution in [2.24, 2.45) is 5.41 Å². The van der Waals surface area contributed by atoms with Gasteiger partial charge in [0.25, 0.3) is 0 Å². The van der Waals surface area contributed by atoms with E-state index in [-0.39, 0.29) is 11.3 Å². The summed E-state index contributed by atoms with van der Waals surface area (Å²) in [4.78, 5) is 0. The maximum absolute atomic E-state index is 4.95. The molecule has 0 saturated heterocycles. The lowest BCUT2D eigenvalue weighted by Crippen LogP contribution is -2.18. The van der Waals surface area contributed by atoms with Gasteiger partial charge in [-0.2, -0.15) is 0 Å². The number of benzene rings is 1. The van der Waals surface area contributed by atoms with Crippen molar-refractivity contribution in [2.45, 2.75) is 26.7 Å². The molecule has 0 aliphatic rings. The molecular weight excluding hydrogens is 176 g/mol. The van der Waals surface area contributed by atoms with Crippen molar-refractivity contribution in [1.82, 2.24) is 0 Å². The summed E-state index contributed by atoms with van der Waals surface area (Å²) >= 11 is 4.95. The molecule has 0 amide bonds. The van der Waals surface area contributed by atoms with E-state index in [1.165, 1.54) is 5.56 Å². The first-order chi connectivity index (χ1) is 6.05. The van der Waals surface area contributed by atoms with Gasteiger partial charge in [0.15, 0.2) is 0 Å². The van der Waals surface area contributed by atoms with Crippen LogP contribution in [0.2, 0.25) is 0 Å². The molecule has 13 heavy (non-hydrogen) atoms. The van der Waals surface area contributed by atoms with E-state index >= 15 is 0 Å². The SMILES string of the molecule is CC(C)(C)C([C]=S)c1ccccc1. The van der Waals surface area contributed by atoms with Gasteiger partial charge in [0.2, 0.25) is 0 Å². The molecule has 0 aromatic heterocycles. The second-order valence-corrected chi connectivity index (χ2v) is 4.56. The summed E-state index contributed by atoms with van der Waals surface area (Å²) in [5, 5.41) is 2.94. The van der Waals surface area contributed by atoms with E-state index in [1.807, 2.05) is 18.2 Å². The Morgan fingerprint density at radius 1 is 1.15 bits per heavy atom. The van der Waals surface area contributed by atoms with Gasteiger partial charge >= 0.3 is 0 Å². The van der Waals surface area contributed by atoms with Crippen molar-refractivity contribution in [3.63, 3.8) is 0 Å². The minimum Gasteiger partial charge on any atom is -0.0830 e. The maximum Gasteiger partial charge on any atom is 0.0378 e. The molecule has 69 valence electrons. The van der Waals surface area contributed by atoms with Crippen molar-refractivity contribution in [1.29, 1.82) is 0 Å². The highest BCUT2D eigenvalue weighted by molar-refractivity contribution is 7.79. The van der Waals surface area contributed by atoms with Gasteiger partial charge in [0.05, 0.1) is 0 Å². The number of hydrogen-bond acceptors (Lipinski definition) is 1. The quantitative estimate of drug-likeness (QED) is 0.642. The van der Waals surface area contributed by atoms with E-state index in [1.54, 1.807) is 0 Å². The molecular formula is C12H15S. The molecule has 0 heterocycles. The van der Waals surface area contributed by atoms with Gasteiger partial charge in [-0.3, -0.25) is 0 Å². The van der Waals surface area contributed by atoms with Crippen LogP contribution in [0.3, 0.4) is 0 Å². The molecule has 1 aromatic carbocycles. The first kappa shape index (κ1) is 10.4. The summed E-state index contributed by atoms with van der Waals surface area (Å²) in [6.07, 6.45) is 0. The van der Waals surface area contributed by atoms with E-state index in [4.69, 9.17) is 12.2 Å². The predicted molar refractivity (Wildman–Crippen MR) is 61.2 cm³/mol. The molecule has 1 rings (SSSR count). The highest BCUT2D eigenvalue weighted by Gasteiger charge is 2.23. The molecule has 1 heteroatoms. The van der Waals surface area contributed by atoms with Crippen LogP contribution in [0.1, 0.15) is 32.3 Å². The number of hydrogen-bond donors (Lipinski definition) is 0. The van der Waals surface area contributed by atoms with Gasteiger partial charge in [0.1, 0.15) is 0 Å². The summed E-state index contributed by atoms with van der Waals surface area (Å²) in [5.74, 6) is 0.240. The van der Waals surface area contributed by atoms with E-state index in [0.717, 1.165) is 0 Å². The summed E-state index contributed by atoms with van der Waals surface area (Å²) in [5.41, 5.74) is 1.41. The van der Waals surface area contributed by atoms with Gasteiger partial charge in [-0.25, -0.2) is 0 Å². The third-order valence-corrected chi connectivity index (χ3v) is 2.35. The number of rotatable bonds is 2. The first-order valence-corrected chi connectivity index (χ1v) is 4.89. The van der Waals surface area contributed by atoms with Crippen LogP contribution in [0.15, 0.2) is 30.3 Å². The lowest BCUT2D eigenvalue weighted by molar-refractivity contribution is 0.389. The lowest BCUT2D eigenvalue weighted by Gasteiger charge is -2.26. The lowest BCUT2D eigenvalue weighted by atomic mass is 9.78. The van der Waals surface area contributed by atoms with Crippen LogP contribution in [0.5, 0.6) is 0 Å². The van der Waals surface area contributed by atoms with Crippen LogP contribution in [0.4, 0.5) is 0 Å². The van der Waals surface area contributed by atoms with Crippen molar-refractivity contribution >= 4 is 17.6 Å². The normalized spacial score (nSPS) is 13.8. The summed E-state index contributed by atoms with van der Waals surface area (Å²) in [7, 11) is 0. The van der Waals surface area contributed by atoms with Crippen molar-refractivity contribution in [3.05, 3.63) is 35.9 Å². The summed E-state index contributed by atoms with van der Waals surface area (Å²) in [6, 6.07) is 10.3. The van der Waals surface area contributed by atoms with Gasteiger partial charge in [-0.05, 0) is 11.0 Å². The average molecular weight is 191 g/mol. The number of thiocarbonyl (C=S) groups is 1. The maximum atomic E-state index is 4.95. The molecule has 0 spiro atoms. The Balaban J connectivity index is 2.99. The molecule has 0 fully saturated rings. The zero-order valence-corrected chi connectivity index (χ0v) is 9.19. The average Bonchev–Trinajstić information content (AvgIpc) is 2.05. The fourth-order valence-corrected chi connectivity index (χ4v) is 1.88. The Hall–Kier alpha value is -0.690. The van der Waals surface area contributed by atoms with E-state index in [2.05, 4.69) is 38.3 Å². The molecule has 0 nitrogen and oxygen atoms in total. The van der Waals surface area contributed by atoms with Crippen LogP contribution < -0.4 is 0 Å². The third-order valence-electron chi connectivity index (χ3n) is 2.12. The Bertz CT molecular complexity index is 269. The van der Waals surface area contributed by atoms with Crippen LogP contribution in [0.25, 0.3) is 0 Å². The van der Waals surface area contributed by atoms with Gasteiger partial charge in [-0.1, -0.05) is 63.3 Å². The van der Waals surface area contributed by atoms with Crippen LogP contribution in [-0.2, 0) is 0 Å². The molecule has 0 aliphatic carbocycles. The standard InChI is InChI=1S/C12H15S/c1-12(2,3)11(9-13)10-7-5-4-6-8-10/h4-8,11H,1-3H3. The Labute approximate surface area is 86.0 Å². The zero-order chi connectivity index (χ0) is 9.90.